The average Bonchev–Trinajstić information content (AvgIpc) is 3.12. The number of nitrogens with one attached hydrogen (secondary N) is 1. The SMILES string of the molecule is CC(NC(C(=O)O)C1CC1)c1cc(Br)ccc1F. The number of benzene rings is 1. The van der Waals surface area contributed by atoms with Gasteiger partial charge in [0.05, 0.1) is 0 Å². The van der Waals surface area contributed by atoms with Gasteiger partial charge < -0.3 is 5.11 Å². The Morgan fingerprint density at radius 3 is 2.78 bits per heavy atom. The van der Waals surface area contributed by atoms with Gasteiger partial charge in [0.15, 0.2) is 0 Å². The van der Waals surface area contributed by atoms with E-state index < -0.39 is 12.0 Å². The van der Waals surface area contributed by atoms with E-state index in [0.717, 1.165) is 17.3 Å². The summed E-state index contributed by atoms with van der Waals surface area (Å²) in [7, 11) is 0. The fraction of sp³-hybridized carbons (Fsp3) is 0.462. The van der Waals surface area contributed by atoms with Gasteiger partial charge in [-0.3, -0.25) is 10.1 Å². The van der Waals surface area contributed by atoms with Gasteiger partial charge in [-0.15, -0.1) is 0 Å². The van der Waals surface area contributed by atoms with Gasteiger partial charge >= 0.3 is 5.97 Å². The van der Waals surface area contributed by atoms with Crippen LogP contribution >= 0.6 is 15.9 Å². The molecule has 0 spiro atoms. The third-order valence-electron chi connectivity index (χ3n) is 3.21. The summed E-state index contributed by atoms with van der Waals surface area (Å²) in [6.07, 6.45) is 1.86. The van der Waals surface area contributed by atoms with Crippen LogP contribution in [0.4, 0.5) is 4.39 Å². The number of rotatable bonds is 5. The van der Waals surface area contributed by atoms with E-state index in [9.17, 15) is 9.18 Å². The molecule has 0 saturated heterocycles. The number of hydrogen-bond acceptors (Lipinski definition) is 2. The molecule has 18 heavy (non-hydrogen) atoms. The molecule has 1 fully saturated rings. The van der Waals surface area contributed by atoms with Crippen LogP contribution in [0.25, 0.3) is 0 Å². The molecule has 0 aromatic heterocycles. The van der Waals surface area contributed by atoms with Gasteiger partial charge in [-0.05, 0) is 43.9 Å². The highest BCUT2D eigenvalue weighted by molar-refractivity contribution is 9.10. The van der Waals surface area contributed by atoms with Gasteiger partial charge in [-0.1, -0.05) is 15.9 Å². The Kier molecular flexibility index (Phi) is 4.02. The first-order valence-electron chi connectivity index (χ1n) is 5.93. The number of carboxylic acid groups (broad SMARTS) is 1. The minimum atomic E-state index is -0.861. The molecule has 1 aliphatic rings. The molecule has 0 aliphatic heterocycles. The lowest BCUT2D eigenvalue weighted by molar-refractivity contribution is -0.140. The van der Waals surface area contributed by atoms with Gasteiger partial charge in [0, 0.05) is 16.1 Å². The maximum atomic E-state index is 13.7. The van der Waals surface area contributed by atoms with Crippen molar-refractivity contribution < 1.29 is 14.3 Å². The Bertz CT molecular complexity index is 462. The largest absolute Gasteiger partial charge is 0.480 e. The second-order valence-corrected chi connectivity index (χ2v) is 5.62. The standard InChI is InChI=1S/C13H15BrFNO2/c1-7(10-6-9(14)4-5-11(10)15)16-12(13(17)18)8-2-3-8/h4-8,12,16H,2-3H2,1H3,(H,17,18). The maximum absolute atomic E-state index is 13.7. The number of carboxylic acids is 1. The van der Waals surface area contributed by atoms with Crippen LogP contribution in [0, 0.1) is 11.7 Å². The maximum Gasteiger partial charge on any atom is 0.320 e. The topological polar surface area (TPSA) is 49.3 Å². The minimum absolute atomic E-state index is 0.181. The van der Waals surface area contributed by atoms with Crippen LogP contribution in [0.5, 0.6) is 0 Å². The second kappa shape index (κ2) is 5.36. The summed E-state index contributed by atoms with van der Waals surface area (Å²) in [5.74, 6) is -1.00. The minimum Gasteiger partial charge on any atom is -0.480 e. The van der Waals surface area contributed by atoms with Crippen molar-refractivity contribution in [2.24, 2.45) is 5.92 Å². The van der Waals surface area contributed by atoms with Crippen molar-refractivity contribution in [1.82, 2.24) is 5.32 Å². The molecule has 0 bridgehead atoms. The molecule has 0 amide bonds. The fourth-order valence-electron chi connectivity index (χ4n) is 2.04. The first-order chi connectivity index (χ1) is 8.49. The van der Waals surface area contributed by atoms with E-state index in [1.54, 1.807) is 19.1 Å². The summed E-state index contributed by atoms with van der Waals surface area (Å²) < 4.78 is 14.5. The summed E-state index contributed by atoms with van der Waals surface area (Å²) in [6.45, 7) is 1.78. The van der Waals surface area contributed by atoms with Crippen molar-refractivity contribution in [2.75, 3.05) is 0 Å². The molecule has 1 aromatic carbocycles. The smallest absolute Gasteiger partial charge is 0.320 e. The number of aliphatic carboxylic acids is 1. The molecule has 1 aromatic rings. The quantitative estimate of drug-likeness (QED) is 0.877. The Hall–Kier alpha value is -0.940. The molecule has 2 rings (SSSR count). The van der Waals surface area contributed by atoms with Crippen molar-refractivity contribution in [2.45, 2.75) is 31.8 Å². The number of halogens is 2. The third-order valence-corrected chi connectivity index (χ3v) is 3.71. The lowest BCUT2D eigenvalue weighted by Crippen LogP contribution is -2.40. The Labute approximate surface area is 114 Å². The second-order valence-electron chi connectivity index (χ2n) is 4.71. The monoisotopic (exact) mass is 315 g/mol. The summed E-state index contributed by atoms with van der Waals surface area (Å²) in [5, 5.41) is 12.1. The molecule has 5 heteroatoms. The predicted octanol–water partition coefficient (Wildman–Crippen LogP) is 3.10. The zero-order valence-corrected chi connectivity index (χ0v) is 11.6. The van der Waals surface area contributed by atoms with Crippen LogP contribution in [0.3, 0.4) is 0 Å². The third kappa shape index (κ3) is 3.09. The van der Waals surface area contributed by atoms with Gasteiger partial charge in [0.25, 0.3) is 0 Å². The van der Waals surface area contributed by atoms with Gasteiger partial charge in [-0.2, -0.15) is 0 Å². The number of hydrogen-bond donors (Lipinski definition) is 2. The molecule has 98 valence electrons. The van der Waals surface area contributed by atoms with E-state index >= 15 is 0 Å². The molecular weight excluding hydrogens is 301 g/mol. The highest BCUT2D eigenvalue weighted by Gasteiger charge is 2.37. The Balaban J connectivity index is 2.12. The molecule has 0 radical (unpaired) electrons. The van der Waals surface area contributed by atoms with Crippen LogP contribution in [0.1, 0.15) is 31.4 Å². The van der Waals surface area contributed by atoms with E-state index in [-0.39, 0.29) is 17.8 Å². The first kappa shape index (κ1) is 13.5. The normalized spacial score (nSPS) is 18.4. The van der Waals surface area contributed by atoms with Gasteiger partial charge in [-0.25, -0.2) is 4.39 Å². The molecule has 2 N–H and O–H groups in total. The van der Waals surface area contributed by atoms with Crippen molar-refractivity contribution in [3.05, 3.63) is 34.1 Å². The van der Waals surface area contributed by atoms with E-state index in [4.69, 9.17) is 5.11 Å². The first-order valence-corrected chi connectivity index (χ1v) is 6.72. The highest BCUT2D eigenvalue weighted by Crippen LogP contribution is 2.34. The molecule has 1 aliphatic carbocycles. The zero-order valence-electron chi connectivity index (χ0n) is 9.99. The summed E-state index contributed by atoms with van der Waals surface area (Å²) in [5.41, 5.74) is 0.483. The number of carbonyl (C=O) groups is 1. The predicted molar refractivity (Wildman–Crippen MR) is 69.8 cm³/mol. The molecule has 2 unspecified atom stereocenters. The summed E-state index contributed by atoms with van der Waals surface area (Å²) in [4.78, 5) is 11.1. The van der Waals surface area contributed by atoms with Crippen LogP contribution < -0.4 is 5.32 Å². The Morgan fingerprint density at radius 2 is 2.22 bits per heavy atom. The van der Waals surface area contributed by atoms with Gasteiger partial charge in [0.2, 0.25) is 0 Å². The van der Waals surface area contributed by atoms with Crippen molar-refractivity contribution >= 4 is 21.9 Å². The fourth-order valence-corrected chi connectivity index (χ4v) is 2.42. The summed E-state index contributed by atoms with van der Waals surface area (Å²) in [6, 6.07) is 3.77. The Morgan fingerprint density at radius 1 is 1.56 bits per heavy atom. The van der Waals surface area contributed by atoms with Crippen molar-refractivity contribution in [1.29, 1.82) is 0 Å². The zero-order chi connectivity index (χ0) is 13.3. The van der Waals surface area contributed by atoms with E-state index in [2.05, 4.69) is 21.2 Å². The van der Waals surface area contributed by atoms with E-state index in [1.807, 2.05) is 0 Å². The highest BCUT2D eigenvalue weighted by atomic mass is 79.9. The van der Waals surface area contributed by atoms with Crippen LogP contribution in [0.2, 0.25) is 0 Å². The van der Waals surface area contributed by atoms with E-state index in [0.29, 0.717) is 5.56 Å². The van der Waals surface area contributed by atoms with Crippen LogP contribution in [-0.2, 0) is 4.79 Å². The van der Waals surface area contributed by atoms with Crippen LogP contribution in [0.15, 0.2) is 22.7 Å². The van der Waals surface area contributed by atoms with Crippen molar-refractivity contribution in [3.8, 4) is 0 Å². The lowest BCUT2D eigenvalue weighted by atomic mass is 10.1. The van der Waals surface area contributed by atoms with Crippen LogP contribution in [-0.4, -0.2) is 17.1 Å². The molecule has 0 heterocycles. The summed E-state index contributed by atoms with van der Waals surface area (Å²) >= 11 is 3.29. The van der Waals surface area contributed by atoms with Crippen molar-refractivity contribution in [3.63, 3.8) is 0 Å². The molecule has 2 atom stereocenters. The molecule has 3 nitrogen and oxygen atoms in total. The molecule has 1 saturated carbocycles. The molecular formula is C13H15BrFNO2. The lowest BCUT2D eigenvalue weighted by Gasteiger charge is -2.20. The average molecular weight is 316 g/mol. The van der Waals surface area contributed by atoms with Gasteiger partial charge in [0.1, 0.15) is 11.9 Å². The van der Waals surface area contributed by atoms with E-state index in [1.165, 1.54) is 6.07 Å².